The van der Waals surface area contributed by atoms with Gasteiger partial charge in [0.25, 0.3) is 5.91 Å². The maximum atomic E-state index is 13.2. The summed E-state index contributed by atoms with van der Waals surface area (Å²) in [7, 11) is 1.66. The number of hydrogen-bond donors (Lipinski definition) is 1. The zero-order chi connectivity index (χ0) is 25.3. The van der Waals surface area contributed by atoms with Gasteiger partial charge in [-0.2, -0.15) is 0 Å². The molecule has 1 aliphatic rings. The van der Waals surface area contributed by atoms with Crippen LogP contribution in [0.25, 0.3) is 0 Å². The van der Waals surface area contributed by atoms with Crippen LogP contribution >= 0.6 is 22.9 Å². The molecule has 1 atom stereocenters. The molecule has 0 saturated carbocycles. The van der Waals surface area contributed by atoms with Gasteiger partial charge in [-0.25, -0.2) is 4.79 Å². The highest BCUT2D eigenvalue weighted by molar-refractivity contribution is 7.15. The van der Waals surface area contributed by atoms with E-state index in [-0.39, 0.29) is 24.0 Å². The van der Waals surface area contributed by atoms with E-state index in [4.69, 9.17) is 16.3 Å². The second-order valence-electron chi connectivity index (χ2n) is 9.47. The topological polar surface area (TPSA) is 95.9 Å². The number of carbonyl (C=O) groups is 2. The number of aromatic nitrogens is 2. The molecule has 184 valence electrons. The smallest absolute Gasteiger partial charge is 0.407 e. The predicted octanol–water partition coefficient (Wildman–Crippen LogP) is 5.67. The first-order valence-corrected chi connectivity index (χ1v) is 12.4. The van der Waals surface area contributed by atoms with Crippen LogP contribution in [0.4, 0.5) is 9.93 Å². The van der Waals surface area contributed by atoms with Crippen LogP contribution in [-0.4, -0.2) is 45.8 Å². The predicted molar refractivity (Wildman–Crippen MR) is 135 cm³/mol. The molecule has 2 amide bonds. The van der Waals surface area contributed by atoms with Crippen molar-refractivity contribution in [2.75, 3.05) is 18.5 Å². The van der Waals surface area contributed by atoms with Gasteiger partial charge in [0, 0.05) is 19.2 Å². The fourth-order valence-corrected chi connectivity index (χ4v) is 5.22. The Kier molecular flexibility index (Phi) is 7.00. The maximum Gasteiger partial charge on any atom is 0.407 e. The van der Waals surface area contributed by atoms with E-state index >= 15 is 0 Å². The monoisotopic (exact) mass is 514 g/mol. The number of ether oxygens (including phenoxy) is 1. The maximum absolute atomic E-state index is 13.2. The Labute approximate surface area is 213 Å². The van der Waals surface area contributed by atoms with Gasteiger partial charge in [0.05, 0.1) is 11.1 Å². The Morgan fingerprint density at radius 2 is 1.97 bits per heavy atom. The first-order valence-electron chi connectivity index (χ1n) is 11.2. The quantitative estimate of drug-likeness (QED) is 0.471. The van der Waals surface area contributed by atoms with Crippen LogP contribution in [0, 0.1) is 5.41 Å². The molecule has 0 radical (unpaired) electrons. The van der Waals surface area contributed by atoms with Gasteiger partial charge in [0.1, 0.15) is 12.4 Å². The van der Waals surface area contributed by atoms with Crippen LogP contribution in [0.5, 0.6) is 5.75 Å². The molecular weight excluding hydrogens is 488 g/mol. The van der Waals surface area contributed by atoms with Crippen LogP contribution in [-0.2, 0) is 13.0 Å². The summed E-state index contributed by atoms with van der Waals surface area (Å²) >= 11 is 7.39. The molecule has 3 aromatic rings. The normalized spacial score (nSPS) is 15.5. The number of rotatable bonds is 5. The summed E-state index contributed by atoms with van der Waals surface area (Å²) in [4.78, 5) is 28.0. The van der Waals surface area contributed by atoms with Crippen molar-refractivity contribution in [1.29, 1.82) is 0 Å². The van der Waals surface area contributed by atoms with E-state index < -0.39 is 6.09 Å². The summed E-state index contributed by atoms with van der Waals surface area (Å²) in [6.07, 6.45) is -0.373. The number of nitrogens with zero attached hydrogens (tertiary/aromatic N) is 4. The Bertz CT molecular complexity index is 1260. The van der Waals surface area contributed by atoms with Crippen LogP contribution in [0.1, 0.15) is 53.3 Å². The fourth-order valence-electron chi connectivity index (χ4n) is 4.32. The molecule has 0 fully saturated rings. The minimum absolute atomic E-state index is 0.191. The van der Waals surface area contributed by atoms with Gasteiger partial charge in [0.2, 0.25) is 5.13 Å². The van der Waals surface area contributed by atoms with Crippen LogP contribution < -0.4 is 9.64 Å². The lowest BCUT2D eigenvalue weighted by Gasteiger charge is -2.43. The second-order valence-corrected chi connectivity index (χ2v) is 10.9. The van der Waals surface area contributed by atoms with Crippen molar-refractivity contribution in [3.05, 3.63) is 69.2 Å². The lowest BCUT2D eigenvalue weighted by atomic mass is 9.77. The zero-order valence-corrected chi connectivity index (χ0v) is 21.6. The summed E-state index contributed by atoms with van der Waals surface area (Å²) in [5, 5.41) is 19.6. The summed E-state index contributed by atoms with van der Waals surface area (Å²) < 4.78 is 5.71. The molecule has 0 spiro atoms. The number of benzene rings is 2. The van der Waals surface area contributed by atoms with Gasteiger partial charge in [0.15, 0.2) is 5.01 Å². The molecule has 1 aromatic heterocycles. The second kappa shape index (κ2) is 9.83. The van der Waals surface area contributed by atoms with Gasteiger partial charge in [-0.05, 0) is 47.2 Å². The van der Waals surface area contributed by atoms with Gasteiger partial charge in [-0.3, -0.25) is 9.69 Å². The average molecular weight is 515 g/mol. The molecule has 1 N–H and O–H groups in total. The van der Waals surface area contributed by atoms with E-state index in [2.05, 4.69) is 10.2 Å². The molecule has 0 saturated heterocycles. The highest BCUT2D eigenvalue weighted by Crippen LogP contribution is 2.42. The highest BCUT2D eigenvalue weighted by atomic mass is 35.5. The van der Waals surface area contributed by atoms with Crippen molar-refractivity contribution >= 4 is 40.1 Å². The number of hydrogen-bond acceptors (Lipinski definition) is 6. The van der Waals surface area contributed by atoms with E-state index in [1.165, 1.54) is 21.1 Å². The first-order chi connectivity index (χ1) is 16.6. The molecule has 1 aliphatic heterocycles. The third-order valence-electron chi connectivity index (χ3n) is 5.92. The number of carboxylic acid groups (broad SMARTS) is 1. The molecule has 2 aromatic carbocycles. The standard InChI is InChI=1S/C25H27ClN4O4S/c1-25(2,3)21-17-10-9-16(13-15(17)11-12-30(21)24(32)33)22(31)29(4)23-28-27-20(35-23)14-34-19-8-6-5-7-18(19)26/h5-10,13,21H,11-12,14H2,1-4H3,(H,32,33). The van der Waals surface area contributed by atoms with Crippen molar-refractivity contribution in [3.8, 4) is 5.75 Å². The van der Waals surface area contributed by atoms with E-state index in [1.807, 2.05) is 45.0 Å². The number of para-hydroxylation sites is 1. The summed E-state index contributed by atoms with van der Waals surface area (Å²) in [5.41, 5.74) is 2.17. The number of halogens is 1. The van der Waals surface area contributed by atoms with Crippen LogP contribution in [0.2, 0.25) is 5.02 Å². The van der Waals surface area contributed by atoms with E-state index in [0.717, 1.165) is 11.1 Å². The average Bonchev–Trinajstić information content (AvgIpc) is 3.29. The summed E-state index contributed by atoms with van der Waals surface area (Å²) in [5.74, 6) is 0.343. The SMILES string of the molecule is CN(C(=O)c1ccc2c(c1)CCN(C(=O)O)C2C(C)(C)C)c1nnc(COc2ccccc2Cl)s1. The van der Waals surface area contributed by atoms with E-state index in [9.17, 15) is 14.7 Å². The van der Waals surface area contributed by atoms with E-state index in [0.29, 0.717) is 39.4 Å². The molecular formula is C25H27ClN4O4S. The molecule has 2 heterocycles. The van der Waals surface area contributed by atoms with Crippen molar-refractivity contribution in [2.24, 2.45) is 5.41 Å². The molecule has 35 heavy (non-hydrogen) atoms. The number of fused-ring (bicyclic) bond motifs is 1. The minimum atomic E-state index is -0.930. The molecule has 0 bridgehead atoms. The number of amides is 2. The summed E-state index contributed by atoms with van der Waals surface area (Å²) in [6, 6.07) is 12.4. The van der Waals surface area contributed by atoms with Gasteiger partial charge in [-0.1, -0.05) is 61.9 Å². The molecule has 0 aliphatic carbocycles. The van der Waals surface area contributed by atoms with Crippen LogP contribution in [0.15, 0.2) is 42.5 Å². The first kappa shape index (κ1) is 24.9. The van der Waals surface area contributed by atoms with Gasteiger partial charge < -0.3 is 14.7 Å². The van der Waals surface area contributed by atoms with Crippen molar-refractivity contribution in [2.45, 2.75) is 39.8 Å². The lowest BCUT2D eigenvalue weighted by molar-refractivity contribution is 0.0758. The van der Waals surface area contributed by atoms with Crippen molar-refractivity contribution in [3.63, 3.8) is 0 Å². The fraction of sp³-hybridized carbons (Fsp3) is 0.360. The Hall–Kier alpha value is -3.17. The molecule has 1 unspecified atom stereocenters. The molecule has 8 nitrogen and oxygen atoms in total. The van der Waals surface area contributed by atoms with Crippen molar-refractivity contribution in [1.82, 2.24) is 15.1 Å². The minimum Gasteiger partial charge on any atom is -0.485 e. The Morgan fingerprint density at radius 3 is 2.66 bits per heavy atom. The number of carbonyl (C=O) groups excluding carboxylic acids is 1. The molecule has 10 heteroatoms. The van der Waals surface area contributed by atoms with Crippen LogP contribution in [0.3, 0.4) is 0 Å². The lowest BCUT2D eigenvalue weighted by Crippen LogP contribution is -2.44. The third kappa shape index (κ3) is 5.26. The Balaban J connectivity index is 1.50. The third-order valence-corrected chi connectivity index (χ3v) is 7.21. The number of anilines is 1. The van der Waals surface area contributed by atoms with Gasteiger partial charge >= 0.3 is 6.09 Å². The highest BCUT2D eigenvalue weighted by Gasteiger charge is 2.39. The largest absolute Gasteiger partial charge is 0.485 e. The van der Waals surface area contributed by atoms with E-state index in [1.54, 1.807) is 25.2 Å². The molecule has 4 rings (SSSR count). The summed E-state index contributed by atoms with van der Waals surface area (Å²) in [6.45, 7) is 6.66. The van der Waals surface area contributed by atoms with Gasteiger partial charge in [-0.15, -0.1) is 10.2 Å². The Morgan fingerprint density at radius 1 is 1.23 bits per heavy atom. The zero-order valence-electron chi connectivity index (χ0n) is 20.0. The van der Waals surface area contributed by atoms with Crippen molar-refractivity contribution < 1.29 is 19.4 Å².